The summed E-state index contributed by atoms with van der Waals surface area (Å²) in [5, 5.41) is 8.53. The maximum absolute atomic E-state index is 13.3. The highest BCUT2D eigenvalue weighted by atomic mass is 19.4. The van der Waals surface area contributed by atoms with Gasteiger partial charge in [0.05, 0.1) is 23.9 Å². The minimum absolute atomic E-state index is 0.0467. The maximum atomic E-state index is 13.3. The fraction of sp³-hybridized carbons (Fsp3) is 0.429. The number of carbonyl (C=O) groups excluding carboxylic acids is 2. The van der Waals surface area contributed by atoms with Crippen LogP contribution in [0.1, 0.15) is 55.3 Å². The molecule has 1 aromatic carbocycles. The molecule has 31 heavy (non-hydrogen) atoms. The second-order valence-electron chi connectivity index (χ2n) is 7.96. The highest BCUT2D eigenvalue weighted by Gasteiger charge is 2.64. The number of nitrogens with one attached hydrogen (secondary N) is 3. The SMILES string of the molecule is CC(NC(=O)C1CC(=O)NC(c2ncccn2)N1)c1ccc(C2(C(F)(F)F)CC2)cc1. The van der Waals surface area contributed by atoms with Gasteiger partial charge in [-0.05, 0) is 37.0 Å². The zero-order valence-electron chi connectivity index (χ0n) is 16.7. The quantitative estimate of drug-likeness (QED) is 0.673. The van der Waals surface area contributed by atoms with Gasteiger partial charge in [-0.2, -0.15) is 13.2 Å². The number of alkyl halides is 3. The zero-order chi connectivity index (χ0) is 22.2. The van der Waals surface area contributed by atoms with Gasteiger partial charge in [-0.3, -0.25) is 14.9 Å². The van der Waals surface area contributed by atoms with E-state index in [0.29, 0.717) is 11.4 Å². The van der Waals surface area contributed by atoms with E-state index in [1.807, 2.05) is 0 Å². The molecule has 2 amide bonds. The second-order valence-corrected chi connectivity index (χ2v) is 7.96. The highest BCUT2D eigenvalue weighted by Crippen LogP contribution is 2.58. The summed E-state index contributed by atoms with van der Waals surface area (Å²) < 4.78 is 39.9. The molecule has 2 aromatic rings. The van der Waals surface area contributed by atoms with Crippen molar-refractivity contribution in [2.45, 2.75) is 56.0 Å². The molecule has 1 aliphatic carbocycles. The van der Waals surface area contributed by atoms with E-state index in [4.69, 9.17) is 0 Å². The molecule has 0 radical (unpaired) electrons. The van der Waals surface area contributed by atoms with Gasteiger partial charge in [-0.15, -0.1) is 0 Å². The Balaban J connectivity index is 1.41. The van der Waals surface area contributed by atoms with Crippen molar-refractivity contribution >= 4 is 11.8 Å². The number of rotatable bonds is 5. The number of halogens is 3. The minimum Gasteiger partial charge on any atom is -0.348 e. The first-order valence-electron chi connectivity index (χ1n) is 9.99. The Hall–Kier alpha value is -3.01. The molecule has 3 N–H and O–H groups in total. The van der Waals surface area contributed by atoms with E-state index in [1.165, 1.54) is 24.5 Å². The standard InChI is InChI=1S/C21H22F3N5O2/c1-12(13-3-5-14(6-4-13)20(7-8-20)21(22,23)24)27-19(31)15-11-16(30)29-18(28-15)17-25-9-2-10-26-17/h2-6,9-10,12,15,18,28H,7-8,11H2,1H3,(H,27,31)(H,29,30). The number of hydrogen-bond acceptors (Lipinski definition) is 5. The molecule has 0 spiro atoms. The highest BCUT2D eigenvalue weighted by molar-refractivity contribution is 5.89. The van der Waals surface area contributed by atoms with Gasteiger partial charge in [0.25, 0.3) is 0 Å². The molecule has 2 fully saturated rings. The molecule has 164 valence electrons. The summed E-state index contributed by atoms with van der Waals surface area (Å²) in [5.41, 5.74) is -0.803. The summed E-state index contributed by atoms with van der Waals surface area (Å²) in [6.07, 6.45) is -1.72. The molecule has 2 heterocycles. The van der Waals surface area contributed by atoms with E-state index in [1.54, 1.807) is 25.1 Å². The molecule has 1 saturated carbocycles. The van der Waals surface area contributed by atoms with Crippen LogP contribution in [0.2, 0.25) is 0 Å². The lowest BCUT2D eigenvalue weighted by Crippen LogP contribution is -2.56. The van der Waals surface area contributed by atoms with Crippen molar-refractivity contribution in [2.24, 2.45) is 0 Å². The van der Waals surface area contributed by atoms with E-state index < -0.39 is 29.8 Å². The van der Waals surface area contributed by atoms with E-state index in [2.05, 4.69) is 25.9 Å². The third-order valence-corrected chi connectivity index (χ3v) is 5.84. The zero-order valence-corrected chi connectivity index (χ0v) is 16.7. The monoisotopic (exact) mass is 433 g/mol. The number of hydrogen-bond donors (Lipinski definition) is 3. The van der Waals surface area contributed by atoms with E-state index in [-0.39, 0.29) is 36.6 Å². The summed E-state index contributed by atoms with van der Waals surface area (Å²) >= 11 is 0. The topological polar surface area (TPSA) is 96.0 Å². The molecule has 3 atom stereocenters. The van der Waals surface area contributed by atoms with Crippen molar-refractivity contribution in [1.29, 1.82) is 0 Å². The summed E-state index contributed by atoms with van der Waals surface area (Å²) in [4.78, 5) is 33.0. The predicted molar refractivity (Wildman–Crippen MR) is 104 cm³/mol. The van der Waals surface area contributed by atoms with Gasteiger partial charge in [0, 0.05) is 12.4 Å². The largest absolute Gasteiger partial charge is 0.398 e. The molecule has 10 heteroatoms. The number of nitrogens with zero attached hydrogens (tertiary/aromatic N) is 2. The molecule has 1 aromatic heterocycles. The number of benzene rings is 1. The van der Waals surface area contributed by atoms with E-state index in [0.717, 1.165) is 0 Å². The molecule has 7 nitrogen and oxygen atoms in total. The van der Waals surface area contributed by atoms with Crippen LogP contribution >= 0.6 is 0 Å². The van der Waals surface area contributed by atoms with Crippen molar-refractivity contribution in [3.05, 3.63) is 59.7 Å². The smallest absolute Gasteiger partial charge is 0.348 e. The van der Waals surface area contributed by atoms with E-state index in [9.17, 15) is 22.8 Å². The average molecular weight is 433 g/mol. The van der Waals surface area contributed by atoms with Gasteiger partial charge in [0.2, 0.25) is 11.8 Å². The van der Waals surface area contributed by atoms with Crippen LogP contribution in [0.15, 0.2) is 42.7 Å². The fourth-order valence-electron chi connectivity index (χ4n) is 3.82. The Morgan fingerprint density at radius 2 is 1.84 bits per heavy atom. The first kappa shape index (κ1) is 21.2. The first-order valence-corrected chi connectivity index (χ1v) is 9.99. The molecule has 0 bridgehead atoms. The second kappa shape index (κ2) is 7.92. The third kappa shape index (κ3) is 4.25. The van der Waals surface area contributed by atoms with Gasteiger partial charge in [-0.1, -0.05) is 24.3 Å². The Morgan fingerprint density at radius 1 is 1.19 bits per heavy atom. The Kier molecular flexibility index (Phi) is 5.42. The normalized spacial score (nSPS) is 23.5. The Bertz CT molecular complexity index is 961. The van der Waals surface area contributed by atoms with Crippen LogP contribution in [0.4, 0.5) is 13.2 Å². The van der Waals surface area contributed by atoms with Crippen LogP contribution in [0.3, 0.4) is 0 Å². The lowest BCUT2D eigenvalue weighted by Gasteiger charge is -2.30. The number of carbonyl (C=O) groups is 2. The van der Waals surface area contributed by atoms with Crippen molar-refractivity contribution in [3.63, 3.8) is 0 Å². The lowest BCUT2D eigenvalue weighted by atomic mass is 9.93. The van der Waals surface area contributed by atoms with Crippen LogP contribution in [-0.2, 0) is 15.0 Å². The van der Waals surface area contributed by atoms with Crippen LogP contribution in [0.5, 0.6) is 0 Å². The first-order chi connectivity index (χ1) is 14.7. The molecule has 1 aliphatic heterocycles. The fourth-order valence-corrected chi connectivity index (χ4v) is 3.82. The van der Waals surface area contributed by atoms with Gasteiger partial charge in [-0.25, -0.2) is 9.97 Å². The molecular weight excluding hydrogens is 411 g/mol. The summed E-state index contributed by atoms with van der Waals surface area (Å²) in [6, 6.07) is 6.58. The van der Waals surface area contributed by atoms with Crippen LogP contribution in [0, 0.1) is 0 Å². The molecule has 3 unspecified atom stereocenters. The number of aromatic nitrogens is 2. The molecule has 4 rings (SSSR count). The minimum atomic E-state index is -4.26. The van der Waals surface area contributed by atoms with Crippen LogP contribution < -0.4 is 16.0 Å². The van der Waals surface area contributed by atoms with Gasteiger partial charge < -0.3 is 10.6 Å². The average Bonchev–Trinajstić information content (AvgIpc) is 3.56. The van der Waals surface area contributed by atoms with Gasteiger partial charge >= 0.3 is 6.18 Å². The van der Waals surface area contributed by atoms with Crippen molar-refractivity contribution < 1.29 is 22.8 Å². The molecule has 2 aliphatic rings. The summed E-state index contributed by atoms with van der Waals surface area (Å²) in [7, 11) is 0. The van der Waals surface area contributed by atoms with Crippen molar-refractivity contribution in [1.82, 2.24) is 25.9 Å². The van der Waals surface area contributed by atoms with Crippen molar-refractivity contribution in [3.8, 4) is 0 Å². The van der Waals surface area contributed by atoms with Crippen LogP contribution in [-0.4, -0.2) is 34.0 Å². The number of amides is 2. The lowest BCUT2D eigenvalue weighted by molar-refractivity contribution is -0.160. The van der Waals surface area contributed by atoms with Crippen molar-refractivity contribution in [2.75, 3.05) is 0 Å². The Labute approximate surface area is 176 Å². The summed E-state index contributed by atoms with van der Waals surface area (Å²) in [6.45, 7) is 1.74. The van der Waals surface area contributed by atoms with Gasteiger partial charge in [0.1, 0.15) is 6.17 Å². The molecular formula is C21H22F3N5O2. The predicted octanol–water partition coefficient (Wildman–Crippen LogP) is 2.42. The Morgan fingerprint density at radius 3 is 2.42 bits per heavy atom. The third-order valence-electron chi connectivity index (χ3n) is 5.84. The summed E-state index contributed by atoms with van der Waals surface area (Å²) in [5.74, 6) is -0.354. The van der Waals surface area contributed by atoms with E-state index >= 15 is 0 Å². The van der Waals surface area contributed by atoms with Crippen LogP contribution in [0.25, 0.3) is 0 Å². The maximum Gasteiger partial charge on any atom is 0.398 e. The van der Waals surface area contributed by atoms with Gasteiger partial charge in [0.15, 0.2) is 5.82 Å². The molecule has 1 saturated heterocycles.